The van der Waals surface area contributed by atoms with Crippen molar-refractivity contribution in [2.45, 2.75) is 12.8 Å². The Morgan fingerprint density at radius 2 is 2.05 bits per heavy atom. The third kappa shape index (κ3) is 2.81. The zero-order chi connectivity index (χ0) is 14.8. The van der Waals surface area contributed by atoms with Gasteiger partial charge < -0.3 is 9.64 Å². The normalized spacial score (nSPS) is 16.2. The van der Waals surface area contributed by atoms with Crippen molar-refractivity contribution in [1.29, 1.82) is 0 Å². The van der Waals surface area contributed by atoms with Crippen LogP contribution in [0.2, 0.25) is 5.15 Å². The topological polar surface area (TPSA) is 42.4 Å². The van der Waals surface area contributed by atoms with Gasteiger partial charge in [-0.15, -0.1) is 0 Å². The minimum atomic E-state index is -0.112. The molecule has 0 spiro atoms. The van der Waals surface area contributed by atoms with Gasteiger partial charge in [0.25, 0.3) is 0 Å². The van der Waals surface area contributed by atoms with E-state index in [9.17, 15) is 4.79 Å². The van der Waals surface area contributed by atoms with Crippen LogP contribution < -0.4 is 4.90 Å². The maximum absolute atomic E-state index is 11.6. The largest absolute Gasteiger partial charge is 0.469 e. The van der Waals surface area contributed by atoms with E-state index >= 15 is 0 Å². The molecule has 0 amide bonds. The lowest BCUT2D eigenvalue weighted by Gasteiger charge is -2.31. The Labute approximate surface area is 128 Å². The lowest BCUT2D eigenvalue weighted by molar-refractivity contribution is -0.146. The van der Waals surface area contributed by atoms with E-state index < -0.39 is 0 Å². The Morgan fingerprint density at radius 1 is 1.33 bits per heavy atom. The molecule has 0 bridgehead atoms. The van der Waals surface area contributed by atoms with Crippen molar-refractivity contribution in [2.24, 2.45) is 5.92 Å². The van der Waals surface area contributed by atoms with Crippen molar-refractivity contribution in [3.05, 3.63) is 35.5 Å². The highest BCUT2D eigenvalue weighted by molar-refractivity contribution is 6.34. The number of hydrogen-bond acceptors (Lipinski definition) is 4. The molecule has 0 aliphatic carbocycles. The highest BCUT2D eigenvalue weighted by Gasteiger charge is 2.26. The van der Waals surface area contributed by atoms with E-state index in [1.54, 1.807) is 0 Å². The van der Waals surface area contributed by atoms with Crippen LogP contribution in [0.1, 0.15) is 12.8 Å². The molecule has 2 heterocycles. The maximum Gasteiger partial charge on any atom is 0.308 e. The predicted molar refractivity (Wildman–Crippen MR) is 83.7 cm³/mol. The van der Waals surface area contributed by atoms with Crippen molar-refractivity contribution < 1.29 is 9.53 Å². The highest BCUT2D eigenvalue weighted by Crippen LogP contribution is 2.29. The SMILES string of the molecule is COC(=O)C1CCN(c2cc3ccccc3c(Cl)n2)CC1. The van der Waals surface area contributed by atoms with Gasteiger partial charge in [-0.3, -0.25) is 4.79 Å². The first kappa shape index (κ1) is 14.1. The van der Waals surface area contributed by atoms with Gasteiger partial charge in [-0.1, -0.05) is 35.9 Å². The summed E-state index contributed by atoms with van der Waals surface area (Å²) < 4.78 is 4.81. The second-order valence-corrected chi connectivity index (χ2v) is 5.63. The molecule has 0 atom stereocenters. The maximum atomic E-state index is 11.6. The average Bonchev–Trinajstić information content (AvgIpc) is 2.54. The van der Waals surface area contributed by atoms with Crippen LogP contribution in [0.25, 0.3) is 10.8 Å². The summed E-state index contributed by atoms with van der Waals surface area (Å²) in [4.78, 5) is 18.2. The summed E-state index contributed by atoms with van der Waals surface area (Å²) in [6.07, 6.45) is 1.58. The van der Waals surface area contributed by atoms with Crippen LogP contribution in [0, 0.1) is 5.92 Å². The van der Waals surface area contributed by atoms with Gasteiger partial charge >= 0.3 is 5.97 Å². The smallest absolute Gasteiger partial charge is 0.308 e. The molecule has 1 aromatic carbocycles. The number of carbonyl (C=O) groups is 1. The third-order valence-electron chi connectivity index (χ3n) is 4.03. The van der Waals surface area contributed by atoms with Crippen molar-refractivity contribution in [3.8, 4) is 0 Å². The molecule has 1 aromatic heterocycles. The number of benzene rings is 1. The number of ether oxygens (including phenoxy) is 1. The van der Waals surface area contributed by atoms with Crippen molar-refractivity contribution in [2.75, 3.05) is 25.1 Å². The minimum absolute atomic E-state index is 0.00202. The number of pyridine rings is 1. The minimum Gasteiger partial charge on any atom is -0.469 e. The van der Waals surface area contributed by atoms with Crippen molar-refractivity contribution in [1.82, 2.24) is 4.98 Å². The summed E-state index contributed by atoms with van der Waals surface area (Å²) in [5.74, 6) is 0.767. The molecule has 21 heavy (non-hydrogen) atoms. The number of anilines is 1. The zero-order valence-electron chi connectivity index (χ0n) is 11.9. The molecular weight excluding hydrogens is 288 g/mol. The molecule has 2 aromatic rings. The number of fused-ring (bicyclic) bond motifs is 1. The summed E-state index contributed by atoms with van der Waals surface area (Å²) in [5, 5.41) is 2.58. The summed E-state index contributed by atoms with van der Waals surface area (Å²) in [6, 6.07) is 10.0. The van der Waals surface area contributed by atoms with Crippen LogP contribution in [0.15, 0.2) is 30.3 Å². The van der Waals surface area contributed by atoms with Crippen LogP contribution in [-0.4, -0.2) is 31.2 Å². The molecule has 1 aliphatic rings. The number of carbonyl (C=O) groups excluding carboxylic acids is 1. The lowest BCUT2D eigenvalue weighted by Crippen LogP contribution is -2.37. The molecule has 110 valence electrons. The van der Waals surface area contributed by atoms with Gasteiger partial charge in [0.05, 0.1) is 13.0 Å². The monoisotopic (exact) mass is 304 g/mol. The average molecular weight is 305 g/mol. The predicted octanol–water partition coefficient (Wildman–Crippen LogP) is 3.28. The number of nitrogens with zero attached hydrogens (tertiary/aromatic N) is 2. The van der Waals surface area contributed by atoms with Gasteiger partial charge in [0.1, 0.15) is 11.0 Å². The van der Waals surface area contributed by atoms with E-state index in [0.717, 1.165) is 42.5 Å². The van der Waals surface area contributed by atoms with Gasteiger partial charge in [0, 0.05) is 18.5 Å². The number of esters is 1. The number of aromatic nitrogens is 1. The molecule has 4 nitrogen and oxygen atoms in total. The van der Waals surface area contributed by atoms with Crippen LogP contribution in [0.5, 0.6) is 0 Å². The van der Waals surface area contributed by atoms with E-state index in [1.807, 2.05) is 24.3 Å². The summed E-state index contributed by atoms with van der Waals surface area (Å²) in [5.41, 5.74) is 0. The molecule has 0 saturated carbocycles. The molecule has 1 aliphatic heterocycles. The molecule has 3 rings (SSSR count). The Bertz CT molecular complexity index is 666. The Morgan fingerprint density at radius 3 is 2.76 bits per heavy atom. The lowest BCUT2D eigenvalue weighted by atomic mass is 9.97. The molecule has 0 radical (unpaired) electrons. The second-order valence-electron chi connectivity index (χ2n) is 5.28. The first-order valence-corrected chi connectivity index (χ1v) is 7.45. The van der Waals surface area contributed by atoms with E-state index in [-0.39, 0.29) is 11.9 Å². The standard InChI is InChI=1S/C16H17ClN2O2/c1-21-16(20)11-6-8-19(9-7-11)14-10-12-4-2-3-5-13(12)15(17)18-14/h2-5,10-11H,6-9H2,1H3. The van der Waals surface area contributed by atoms with E-state index in [4.69, 9.17) is 16.3 Å². The highest BCUT2D eigenvalue weighted by atomic mass is 35.5. The molecule has 0 unspecified atom stereocenters. The van der Waals surface area contributed by atoms with Gasteiger partial charge in [-0.25, -0.2) is 4.98 Å². The Balaban J connectivity index is 1.81. The fraction of sp³-hybridized carbons (Fsp3) is 0.375. The first-order chi connectivity index (χ1) is 10.2. The van der Waals surface area contributed by atoms with Crippen LogP contribution in [-0.2, 0) is 9.53 Å². The summed E-state index contributed by atoms with van der Waals surface area (Å²) >= 11 is 6.27. The number of hydrogen-bond donors (Lipinski definition) is 0. The zero-order valence-corrected chi connectivity index (χ0v) is 12.6. The number of methoxy groups -OCH3 is 1. The number of halogens is 1. The fourth-order valence-electron chi connectivity index (χ4n) is 2.82. The third-order valence-corrected chi connectivity index (χ3v) is 4.32. The number of piperidine rings is 1. The van der Waals surface area contributed by atoms with Gasteiger partial charge in [0.15, 0.2) is 0 Å². The molecule has 0 N–H and O–H groups in total. The molecule has 5 heteroatoms. The van der Waals surface area contributed by atoms with E-state index in [0.29, 0.717) is 5.15 Å². The molecule has 1 fully saturated rings. The first-order valence-electron chi connectivity index (χ1n) is 7.07. The van der Waals surface area contributed by atoms with Crippen LogP contribution >= 0.6 is 11.6 Å². The van der Waals surface area contributed by atoms with E-state index in [1.165, 1.54) is 7.11 Å². The number of rotatable bonds is 2. The second kappa shape index (κ2) is 5.90. The molecular formula is C16H17ClN2O2. The van der Waals surface area contributed by atoms with Crippen LogP contribution in [0.4, 0.5) is 5.82 Å². The Hall–Kier alpha value is -1.81. The fourth-order valence-corrected chi connectivity index (χ4v) is 3.07. The quantitative estimate of drug-likeness (QED) is 0.631. The van der Waals surface area contributed by atoms with Crippen molar-refractivity contribution in [3.63, 3.8) is 0 Å². The summed E-state index contributed by atoms with van der Waals surface area (Å²) in [6.45, 7) is 1.59. The van der Waals surface area contributed by atoms with Crippen molar-refractivity contribution >= 4 is 34.2 Å². The van der Waals surface area contributed by atoms with E-state index in [2.05, 4.69) is 16.0 Å². The molecule has 1 saturated heterocycles. The van der Waals surface area contributed by atoms with Gasteiger partial charge in [0.2, 0.25) is 0 Å². The summed E-state index contributed by atoms with van der Waals surface area (Å²) in [7, 11) is 1.44. The Kier molecular flexibility index (Phi) is 3.97. The van der Waals surface area contributed by atoms with Gasteiger partial charge in [-0.05, 0) is 24.3 Å². The van der Waals surface area contributed by atoms with Gasteiger partial charge in [-0.2, -0.15) is 0 Å². The van der Waals surface area contributed by atoms with Crippen LogP contribution in [0.3, 0.4) is 0 Å².